The Morgan fingerprint density at radius 2 is 1.45 bits per heavy atom. The van der Waals surface area contributed by atoms with Crippen LogP contribution in [0, 0.1) is 5.41 Å². The van der Waals surface area contributed by atoms with Crippen molar-refractivity contribution in [2.75, 3.05) is 27.4 Å². The summed E-state index contributed by atoms with van der Waals surface area (Å²) in [7, 11) is 3.39. The lowest BCUT2D eigenvalue weighted by atomic mass is 9.70. The monoisotopic (exact) mass is 312 g/mol. The van der Waals surface area contributed by atoms with Gasteiger partial charge in [-0.15, -0.1) is 0 Å². The SMILES string of the molecule is CC1=CCC2(CCOCC2)CC1.COC(C)(C)C(C)(C)OC. The molecule has 0 amide bonds. The van der Waals surface area contributed by atoms with Crippen LogP contribution in [0.15, 0.2) is 11.6 Å². The molecule has 0 bridgehead atoms. The van der Waals surface area contributed by atoms with Crippen LogP contribution in [0.5, 0.6) is 0 Å². The maximum Gasteiger partial charge on any atom is 0.0905 e. The molecule has 130 valence electrons. The minimum Gasteiger partial charge on any atom is -0.381 e. The third-order valence-electron chi connectivity index (χ3n) is 5.96. The van der Waals surface area contributed by atoms with Crippen LogP contribution in [-0.2, 0) is 14.2 Å². The van der Waals surface area contributed by atoms with Gasteiger partial charge in [-0.2, -0.15) is 0 Å². The van der Waals surface area contributed by atoms with Crippen molar-refractivity contribution in [2.45, 2.75) is 77.9 Å². The fraction of sp³-hybridized carbons (Fsp3) is 0.895. The van der Waals surface area contributed by atoms with Crippen LogP contribution in [-0.4, -0.2) is 38.6 Å². The molecule has 0 N–H and O–H groups in total. The molecule has 1 spiro atoms. The summed E-state index contributed by atoms with van der Waals surface area (Å²) in [6, 6.07) is 0. The zero-order valence-electron chi connectivity index (χ0n) is 15.8. The Morgan fingerprint density at radius 3 is 1.82 bits per heavy atom. The average molecular weight is 312 g/mol. The minimum atomic E-state index is -0.234. The van der Waals surface area contributed by atoms with Crippen molar-refractivity contribution in [3.8, 4) is 0 Å². The summed E-state index contributed by atoms with van der Waals surface area (Å²) in [4.78, 5) is 0. The fourth-order valence-corrected chi connectivity index (χ4v) is 2.81. The second-order valence-corrected chi connectivity index (χ2v) is 7.80. The molecule has 1 fully saturated rings. The summed E-state index contributed by atoms with van der Waals surface area (Å²) in [5.41, 5.74) is 1.76. The molecule has 22 heavy (non-hydrogen) atoms. The van der Waals surface area contributed by atoms with Gasteiger partial charge in [-0.3, -0.25) is 0 Å². The Labute approximate surface area is 137 Å². The predicted octanol–water partition coefficient (Wildman–Crippen LogP) is 4.75. The van der Waals surface area contributed by atoms with E-state index in [1.54, 1.807) is 19.8 Å². The van der Waals surface area contributed by atoms with Crippen LogP contribution in [0.3, 0.4) is 0 Å². The van der Waals surface area contributed by atoms with E-state index in [0.29, 0.717) is 5.41 Å². The summed E-state index contributed by atoms with van der Waals surface area (Å²) in [5.74, 6) is 0. The van der Waals surface area contributed by atoms with Gasteiger partial charge in [0.2, 0.25) is 0 Å². The molecule has 0 radical (unpaired) electrons. The van der Waals surface area contributed by atoms with Gasteiger partial charge < -0.3 is 14.2 Å². The van der Waals surface area contributed by atoms with E-state index in [-0.39, 0.29) is 11.2 Å². The van der Waals surface area contributed by atoms with Crippen LogP contribution in [0.25, 0.3) is 0 Å². The van der Waals surface area contributed by atoms with E-state index in [9.17, 15) is 0 Å². The van der Waals surface area contributed by atoms with Gasteiger partial charge in [0.05, 0.1) is 11.2 Å². The summed E-state index contributed by atoms with van der Waals surface area (Å²) < 4.78 is 15.9. The van der Waals surface area contributed by atoms with E-state index in [2.05, 4.69) is 13.0 Å². The zero-order chi connectivity index (χ0) is 16.9. The van der Waals surface area contributed by atoms with Crippen LogP contribution < -0.4 is 0 Å². The first-order chi connectivity index (χ1) is 10.2. The molecule has 0 unspecified atom stereocenters. The normalized spacial score (nSPS) is 21.9. The first-order valence-corrected chi connectivity index (χ1v) is 8.52. The summed E-state index contributed by atoms with van der Waals surface area (Å²) in [6.45, 7) is 12.3. The molecule has 0 saturated carbocycles. The second-order valence-electron chi connectivity index (χ2n) is 7.80. The Morgan fingerprint density at radius 1 is 0.955 bits per heavy atom. The third-order valence-corrected chi connectivity index (χ3v) is 5.96. The number of hydrogen-bond acceptors (Lipinski definition) is 3. The highest BCUT2D eigenvalue weighted by Crippen LogP contribution is 2.43. The maximum absolute atomic E-state index is 5.40. The molecule has 3 nitrogen and oxygen atoms in total. The van der Waals surface area contributed by atoms with Crippen molar-refractivity contribution in [1.82, 2.24) is 0 Å². The number of rotatable bonds is 3. The highest BCUT2D eigenvalue weighted by Gasteiger charge is 2.37. The van der Waals surface area contributed by atoms with Gasteiger partial charge in [0.25, 0.3) is 0 Å². The molecule has 0 aromatic rings. The predicted molar refractivity (Wildman–Crippen MR) is 92.3 cm³/mol. The van der Waals surface area contributed by atoms with E-state index in [4.69, 9.17) is 14.2 Å². The highest BCUT2D eigenvalue weighted by molar-refractivity contribution is 5.07. The largest absolute Gasteiger partial charge is 0.381 e. The van der Waals surface area contributed by atoms with Gasteiger partial charge in [-0.05, 0) is 72.1 Å². The molecular formula is C19H36O3. The molecule has 2 aliphatic rings. The van der Waals surface area contributed by atoms with E-state index in [1.807, 2.05) is 27.7 Å². The molecule has 0 atom stereocenters. The Balaban J connectivity index is 0.000000225. The summed E-state index contributed by atoms with van der Waals surface area (Å²) >= 11 is 0. The zero-order valence-corrected chi connectivity index (χ0v) is 15.8. The fourth-order valence-electron chi connectivity index (χ4n) is 2.81. The first kappa shape index (κ1) is 19.7. The molecule has 3 heteroatoms. The van der Waals surface area contributed by atoms with Crippen LogP contribution in [0.1, 0.15) is 66.7 Å². The minimum absolute atomic E-state index is 0.234. The van der Waals surface area contributed by atoms with E-state index >= 15 is 0 Å². The Kier molecular flexibility index (Phi) is 7.10. The molecule has 1 saturated heterocycles. The number of methoxy groups -OCH3 is 2. The van der Waals surface area contributed by atoms with E-state index in [0.717, 1.165) is 13.2 Å². The quantitative estimate of drug-likeness (QED) is 0.704. The van der Waals surface area contributed by atoms with Gasteiger partial charge in [0, 0.05) is 27.4 Å². The van der Waals surface area contributed by atoms with Crippen molar-refractivity contribution in [2.24, 2.45) is 5.41 Å². The number of hydrogen-bond donors (Lipinski definition) is 0. The van der Waals surface area contributed by atoms with Gasteiger partial charge >= 0.3 is 0 Å². The number of allylic oxidation sites excluding steroid dienone is 2. The van der Waals surface area contributed by atoms with Crippen molar-refractivity contribution < 1.29 is 14.2 Å². The van der Waals surface area contributed by atoms with Gasteiger partial charge in [0.15, 0.2) is 0 Å². The lowest BCUT2D eigenvalue weighted by Crippen LogP contribution is -2.48. The van der Waals surface area contributed by atoms with Crippen molar-refractivity contribution in [3.05, 3.63) is 11.6 Å². The molecule has 1 heterocycles. The third kappa shape index (κ3) is 5.07. The van der Waals surface area contributed by atoms with Gasteiger partial charge in [0.1, 0.15) is 0 Å². The number of ether oxygens (including phenoxy) is 3. The molecular weight excluding hydrogens is 276 g/mol. The van der Waals surface area contributed by atoms with E-state index < -0.39 is 0 Å². The lowest BCUT2D eigenvalue weighted by molar-refractivity contribution is -0.147. The molecule has 0 aromatic heterocycles. The summed E-state index contributed by atoms with van der Waals surface area (Å²) in [6.07, 6.45) is 9.04. The van der Waals surface area contributed by atoms with Crippen LogP contribution in [0.4, 0.5) is 0 Å². The smallest absolute Gasteiger partial charge is 0.0905 e. The van der Waals surface area contributed by atoms with Gasteiger partial charge in [-0.25, -0.2) is 0 Å². The average Bonchev–Trinajstić information content (AvgIpc) is 2.52. The Bertz CT molecular complexity index is 349. The molecule has 2 rings (SSSR count). The first-order valence-electron chi connectivity index (χ1n) is 8.52. The van der Waals surface area contributed by atoms with Gasteiger partial charge in [-0.1, -0.05) is 11.6 Å². The standard InChI is InChI=1S/C11H18O.C8H18O2/c1-10-2-4-11(5-3-10)6-8-12-9-7-11;1-7(2,9-5)8(3,4)10-6/h2H,3-9H2,1H3;1-6H3. The highest BCUT2D eigenvalue weighted by atomic mass is 16.5. The van der Waals surface area contributed by atoms with Crippen molar-refractivity contribution >= 4 is 0 Å². The Hall–Kier alpha value is -0.380. The van der Waals surface area contributed by atoms with Crippen LogP contribution in [0.2, 0.25) is 0 Å². The molecule has 1 aliphatic carbocycles. The summed E-state index contributed by atoms with van der Waals surface area (Å²) in [5, 5.41) is 0. The lowest BCUT2D eigenvalue weighted by Gasteiger charge is -2.39. The van der Waals surface area contributed by atoms with Crippen LogP contribution >= 0.6 is 0 Å². The topological polar surface area (TPSA) is 27.7 Å². The molecule has 1 aliphatic heterocycles. The second kappa shape index (κ2) is 7.94. The van der Waals surface area contributed by atoms with Crippen molar-refractivity contribution in [1.29, 1.82) is 0 Å². The molecule has 0 aromatic carbocycles. The van der Waals surface area contributed by atoms with Crippen molar-refractivity contribution in [3.63, 3.8) is 0 Å². The van der Waals surface area contributed by atoms with E-state index in [1.165, 1.54) is 32.1 Å². The maximum atomic E-state index is 5.40.